The SMILES string of the molecule is COc1ccc(C(O)C(O)CN=[N+]=[N-])cc1C(F)(F)F. The molecule has 0 bridgehead atoms. The van der Waals surface area contributed by atoms with Gasteiger partial charge in [0.2, 0.25) is 0 Å². The molecule has 2 N–H and O–H groups in total. The van der Waals surface area contributed by atoms with Gasteiger partial charge in [-0.1, -0.05) is 11.2 Å². The molecule has 0 radical (unpaired) electrons. The lowest BCUT2D eigenvalue weighted by Gasteiger charge is -2.19. The molecule has 0 aliphatic heterocycles. The predicted molar refractivity (Wildman–Crippen MR) is 63.0 cm³/mol. The molecular weight excluding hydrogens is 279 g/mol. The van der Waals surface area contributed by atoms with Gasteiger partial charge in [0, 0.05) is 4.91 Å². The van der Waals surface area contributed by atoms with Gasteiger partial charge in [0.15, 0.2) is 0 Å². The van der Waals surface area contributed by atoms with Crippen molar-refractivity contribution in [2.24, 2.45) is 5.11 Å². The number of methoxy groups -OCH3 is 1. The number of hydrogen-bond acceptors (Lipinski definition) is 4. The molecule has 110 valence electrons. The molecule has 1 aromatic carbocycles. The fraction of sp³-hybridized carbons (Fsp3) is 0.455. The van der Waals surface area contributed by atoms with E-state index < -0.39 is 36.2 Å². The lowest BCUT2D eigenvalue weighted by molar-refractivity contribution is -0.138. The molecule has 0 amide bonds. The fourth-order valence-corrected chi connectivity index (χ4v) is 1.57. The number of nitrogens with zero attached hydrogens (tertiary/aromatic N) is 3. The van der Waals surface area contributed by atoms with E-state index >= 15 is 0 Å². The van der Waals surface area contributed by atoms with Crippen molar-refractivity contribution < 1.29 is 28.1 Å². The van der Waals surface area contributed by atoms with Gasteiger partial charge in [0.25, 0.3) is 0 Å². The molecule has 1 rings (SSSR count). The Balaban J connectivity index is 3.11. The number of azide groups is 1. The Morgan fingerprint density at radius 2 is 2.05 bits per heavy atom. The van der Waals surface area contributed by atoms with Gasteiger partial charge in [0.05, 0.1) is 25.3 Å². The molecule has 0 aliphatic carbocycles. The molecule has 0 heterocycles. The van der Waals surface area contributed by atoms with Crippen molar-refractivity contribution in [2.45, 2.75) is 18.4 Å². The molecule has 0 spiro atoms. The predicted octanol–water partition coefficient (Wildman–Crippen LogP) is 2.42. The van der Waals surface area contributed by atoms with Gasteiger partial charge in [-0.05, 0) is 23.2 Å². The zero-order valence-corrected chi connectivity index (χ0v) is 10.4. The van der Waals surface area contributed by atoms with Crippen LogP contribution < -0.4 is 4.74 Å². The molecule has 1 aromatic rings. The molecule has 2 atom stereocenters. The van der Waals surface area contributed by atoms with Crippen molar-refractivity contribution >= 4 is 0 Å². The van der Waals surface area contributed by atoms with E-state index in [2.05, 4.69) is 14.8 Å². The molecule has 6 nitrogen and oxygen atoms in total. The average Bonchev–Trinajstić information content (AvgIpc) is 2.42. The van der Waals surface area contributed by atoms with Crippen LogP contribution in [0.4, 0.5) is 13.2 Å². The highest BCUT2D eigenvalue weighted by Crippen LogP contribution is 2.37. The second-order valence-electron chi connectivity index (χ2n) is 3.88. The molecule has 9 heteroatoms. The van der Waals surface area contributed by atoms with Gasteiger partial charge >= 0.3 is 6.18 Å². The second-order valence-corrected chi connectivity index (χ2v) is 3.88. The molecule has 2 unspecified atom stereocenters. The minimum Gasteiger partial charge on any atom is -0.496 e. The highest BCUT2D eigenvalue weighted by molar-refractivity contribution is 5.40. The third kappa shape index (κ3) is 3.77. The number of halogens is 3. The molecule has 0 saturated carbocycles. The summed E-state index contributed by atoms with van der Waals surface area (Å²) in [6, 6.07) is 2.92. The van der Waals surface area contributed by atoms with Crippen molar-refractivity contribution in [2.75, 3.05) is 13.7 Å². The Morgan fingerprint density at radius 3 is 2.55 bits per heavy atom. The third-order valence-corrected chi connectivity index (χ3v) is 2.57. The number of benzene rings is 1. The lowest BCUT2D eigenvalue weighted by atomic mass is 10.0. The quantitative estimate of drug-likeness (QED) is 0.495. The highest BCUT2D eigenvalue weighted by Gasteiger charge is 2.35. The van der Waals surface area contributed by atoms with Crippen LogP contribution in [-0.2, 0) is 6.18 Å². The molecule has 0 aromatic heterocycles. The van der Waals surface area contributed by atoms with Crippen LogP contribution in [0.25, 0.3) is 10.4 Å². The first-order chi connectivity index (χ1) is 9.31. The highest BCUT2D eigenvalue weighted by atomic mass is 19.4. The molecular formula is C11H12F3N3O3. The number of aliphatic hydroxyl groups is 2. The van der Waals surface area contributed by atoms with E-state index in [-0.39, 0.29) is 5.56 Å². The standard InChI is InChI=1S/C11H12F3N3O3/c1-20-9-3-2-6(4-7(9)11(12,13)14)10(19)8(18)5-16-17-15/h2-4,8,10,18-19H,5H2,1H3. The van der Waals surface area contributed by atoms with Crippen LogP contribution in [-0.4, -0.2) is 30.0 Å². The van der Waals surface area contributed by atoms with Crippen molar-refractivity contribution in [3.63, 3.8) is 0 Å². The zero-order chi connectivity index (χ0) is 15.3. The largest absolute Gasteiger partial charge is 0.496 e. The maximum atomic E-state index is 12.8. The summed E-state index contributed by atoms with van der Waals surface area (Å²) in [5, 5.41) is 22.3. The van der Waals surface area contributed by atoms with Crippen molar-refractivity contribution in [3.05, 3.63) is 39.8 Å². The van der Waals surface area contributed by atoms with Crippen molar-refractivity contribution in [3.8, 4) is 5.75 Å². The van der Waals surface area contributed by atoms with Crippen LogP contribution in [0.2, 0.25) is 0 Å². The van der Waals surface area contributed by atoms with Gasteiger partial charge in [-0.25, -0.2) is 0 Å². The molecule has 20 heavy (non-hydrogen) atoms. The topological polar surface area (TPSA) is 98.5 Å². The summed E-state index contributed by atoms with van der Waals surface area (Å²) in [6.07, 6.45) is -7.76. The third-order valence-electron chi connectivity index (χ3n) is 2.57. The Bertz CT molecular complexity index is 515. The monoisotopic (exact) mass is 291 g/mol. The van der Waals surface area contributed by atoms with Crippen LogP contribution in [0.1, 0.15) is 17.2 Å². The Hall–Kier alpha value is -1.96. The average molecular weight is 291 g/mol. The van der Waals surface area contributed by atoms with E-state index in [0.29, 0.717) is 6.07 Å². The number of aliphatic hydroxyl groups excluding tert-OH is 2. The smallest absolute Gasteiger partial charge is 0.419 e. The normalized spacial score (nSPS) is 14.3. The maximum absolute atomic E-state index is 12.8. The summed E-state index contributed by atoms with van der Waals surface area (Å²) < 4.78 is 43.0. The van der Waals surface area contributed by atoms with Gasteiger partial charge in [0.1, 0.15) is 11.9 Å². The summed E-state index contributed by atoms with van der Waals surface area (Å²) in [7, 11) is 1.09. The van der Waals surface area contributed by atoms with Crippen LogP contribution in [0.5, 0.6) is 5.75 Å². The first-order valence-electron chi connectivity index (χ1n) is 5.43. The Kier molecular flexibility index (Phi) is 5.20. The molecule has 0 saturated heterocycles. The van der Waals surface area contributed by atoms with Gasteiger partial charge < -0.3 is 14.9 Å². The van der Waals surface area contributed by atoms with E-state index in [1.54, 1.807) is 0 Å². The van der Waals surface area contributed by atoms with Gasteiger partial charge in [-0.15, -0.1) is 0 Å². The van der Waals surface area contributed by atoms with Crippen LogP contribution in [0.3, 0.4) is 0 Å². The van der Waals surface area contributed by atoms with Crippen molar-refractivity contribution in [1.82, 2.24) is 0 Å². The zero-order valence-electron chi connectivity index (χ0n) is 10.4. The van der Waals surface area contributed by atoms with E-state index in [1.807, 2.05) is 0 Å². The molecule has 0 aliphatic rings. The van der Waals surface area contributed by atoms with E-state index in [1.165, 1.54) is 6.07 Å². The van der Waals surface area contributed by atoms with E-state index in [0.717, 1.165) is 13.2 Å². The minimum absolute atomic E-state index is 0.154. The van der Waals surface area contributed by atoms with E-state index in [9.17, 15) is 23.4 Å². The summed E-state index contributed by atoms with van der Waals surface area (Å²) in [4.78, 5) is 2.39. The number of ether oxygens (including phenoxy) is 1. The van der Waals surface area contributed by atoms with Gasteiger partial charge in [-0.2, -0.15) is 13.2 Å². The molecule has 0 fully saturated rings. The summed E-state index contributed by atoms with van der Waals surface area (Å²) >= 11 is 0. The summed E-state index contributed by atoms with van der Waals surface area (Å²) in [6.45, 7) is -0.453. The van der Waals surface area contributed by atoms with Crippen LogP contribution in [0, 0.1) is 0 Å². The van der Waals surface area contributed by atoms with Crippen LogP contribution in [0.15, 0.2) is 23.3 Å². The minimum atomic E-state index is -4.66. The van der Waals surface area contributed by atoms with Crippen molar-refractivity contribution in [1.29, 1.82) is 0 Å². The first kappa shape index (κ1) is 16.1. The summed E-state index contributed by atoms with van der Waals surface area (Å²) in [5.74, 6) is -0.391. The number of alkyl halides is 3. The Labute approximate surface area is 112 Å². The Morgan fingerprint density at radius 1 is 1.40 bits per heavy atom. The van der Waals surface area contributed by atoms with E-state index in [4.69, 9.17) is 5.53 Å². The summed E-state index contributed by atoms with van der Waals surface area (Å²) in [5.41, 5.74) is 6.87. The lowest BCUT2D eigenvalue weighted by Crippen LogP contribution is -2.21. The van der Waals surface area contributed by atoms with Gasteiger partial charge in [-0.3, -0.25) is 0 Å². The maximum Gasteiger partial charge on any atom is 0.419 e. The fourth-order valence-electron chi connectivity index (χ4n) is 1.57. The van der Waals surface area contributed by atoms with Crippen LogP contribution >= 0.6 is 0 Å². The number of rotatable bonds is 5. The first-order valence-corrected chi connectivity index (χ1v) is 5.43. The second kappa shape index (κ2) is 6.47. The number of hydrogen-bond donors (Lipinski definition) is 2.